The molecule has 0 unspecified atom stereocenters. The molecule has 0 amide bonds. The molecular weight excluding hydrogens is 407 g/mol. The molecular formula is C6F16P+. The quantitative estimate of drug-likeness (QED) is 0.368. The van der Waals surface area contributed by atoms with Crippen molar-refractivity contribution in [2.24, 2.45) is 0 Å². The van der Waals surface area contributed by atoms with E-state index >= 15 is 0 Å². The van der Waals surface area contributed by atoms with Gasteiger partial charge in [-0.25, -0.2) is 0 Å². The Morgan fingerprint density at radius 2 is 0.652 bits per heavy atom. The zero-order chi connectivity index (χ0) is 19.5. The van der Waals surface area contributed by atoms with Crippen LogP contribution in [0.15, 0.2) is 0 Å². The third kappa shape index (κ3) is 2.80. The van der Waals surface area contributed by atoms with Crippen molar-refractivity contribution in [2.75, 3.05) is 0 Å². The van der Waals surface area contributed by atoms with Gasteiger partial charge in [0.05, 0.1) is 0 Å². The van der Waals surface area contributed by atoms with Gasteiger partial charge in [0.25, 0.3) is 0 Å². The molecule has 0 aliphatic carbocycles. The molecule has 0 radical (unpaired) electrons. The molecule has 0 aromatic carbocycles. The monoisotopic (exact) mass is 407 g/mol. The summed E-state index contributed by atoms with van der Waals surface area (Å²) in [6.07, 6.45) is -7.65. The molecule has 0 aromatic heterocycles. The smallest absolute Gasteiger partial charge is 0.192 e. The van der Waals surface area contributed by atoms with Gasteiger partial charge in [-0.3, -0.25) is 0 Å². The Morgan fingerprint density at radius 1 is 0.391 bits per heavy atom. The Hall–Kier alpha value is -0.690. The van der Waals surface area contributed by atoms with Gasteiger partial charge in [0.15, 0.2) is 0 Å². The van der Waals surface area contributed by atoms with Crippen LogP contribution >= 0.6 is 8.19 Å². The molecule has 0 aromatic rings. The number of alkyl halides is 13. The number of hydrogen-bond acceptors (Lipinski definition) is 0. The van der Waals surface area contributed by atoms with Crippen molar-refractivity contribution in [1.82, 2.24) is 0 Å². The largest absolute Gasteiger partial charge is 0.644 e. The molecule has 0 spiro atoms. The lowest BCUT2D eigenvalue weighted by atomic mass is 9.98. The summed E-state index contributed by atoms with van der Waals surface area (Å²) in [6.45, 7) is 0. The van der Waals surface area contributed by atoms with Crippen molar-refractivity contribution in [3.05, 3.63) is 0 Å². The maximum absolute atomic E-state index is 12.6. The molecule has 0 saturated carbocycles. The fourth-order valence-corrected chi connectivity index (χ4v) is 1.38. The zero-order valence-electron chi connectivity index (χ0n) is 9.49. The van der Waals surface area contributed by atoms with Gasteiger partial charge in [0.2, 0.25) is 0 Å². The summed E-state index contributed by atoms with van der Waals surface area (Å²) in [4.78, 5) is 0. The minimum absolute atomic E-state index is 7.65. The second-order valence-corrected chi connectivity index (χ2v) is 5.23. The fourth-order valence-electron chi connectivity index (χ4n) is 0.920. The van der Waals surface area contributed by atoms with Crippen molar-refractivity contribution in [1.29, 1.82) is 0 Å². The summed E-state index contributed by atoms with van der Waals surface area (Å²) in [6, 6.07) is 0. The van der Waals surface area contributed by atoms with E-state index in [4.69, 9.17) is 0 Å². The molecule has 0 saturated heterocycles. The first-order valence-corrected chi connectivity index (χ1v) is 5.90. The van der Waals surface area contributed by atoms with Crippen molar-refractivity contribution >= 4 is 8.19 Å². The van der Waals surface area contributed by atoms with Crippen LogP contribution in [0.25, 0.3) is 0 Å². The number of halogens is 16. The molecule has 0 bridgehead atoms. The van der Waals surface area contributed by atoms with Crippen molar-refractivity contribution < 1.29 is 69.7 Å². The minimum Gasteiger partial charge on any atom is -0.192 e. The van der Waals surface area contributed by atoms with E-state index in [9.17, 15) is 69.7 Å². The van der Waals surface area contributed by atoms with E-state index in [1.54, 1.807) is 0 Å². The highest BCUT2D eigenvalue weighted by molar-refractivity contribution is 7.61. The van der Waals surface area contributed by atoms with Crippen LogP contribution in [0, 0.1) is 0 Å². The van der Waals surface area contributed by atoms with Gasteiger partial charge in [-0.2, -0.15) is 57.1 Å². The van der Waals surface area contributed by atoms with Crippen LogP contribution < -0.4 is 0 Å². The Labute approximate surface area is 115 Å². The van der Waals surface area contributed by atoms with E-state index in [1.165, 1.54) is 0 Å². The minimum atomic E-state index is -8.92. The van der Waals surface area contributed by atoms with Gasteiger partial charge in [-0.05, 0) is 0 Å². The second kappa shape index (κ2) is 5.15. The summed E-state index contributed by atoms with van der Waals surface area (Å²) in [5, 5.41) is 0. The van der Waals surface area contributed by atoms with Crippen LogP contribution in [0.1, 0.15) is 0 Å². The Kier molecular flexibility index (Phi) is 5.00. The highest BCUT2D eigenvalue weighted by Crippen LogP contribution is 2.80. The van der Waals surface area contributed by atoms with Crippen LogP contribution in [-0.2, 0) is 0 Å². The van der Waals surface area contributed by atoms with Crippen LogP contribution in [0.5, 0.6) is 0 Å². The summed E-state index contributed by atoms with van der Waals surface area (Å²) >= 11 is 0. The van der Waals surface area contributed by atoms with E-state index in [0.29, 0.717) is 0 Å². The first-order valence-electron chi connectivity index (χ1n) is 4.44. The standard InChI is InChI=1S/C6F16P/c7-1(8,3(11,12)5(15,16)17)2(9,10)4(13,14)6(18,19)23(20,21)22/q+1. The average molecular weight is 407 g/mol. The first kappa shape index (κ1) is 22.3. The third-order valence-electron chi connectivity index (χ3n) is 2.24. The molecule has 140 valence electrons. The van der Waals surface area contributed by atoms with Crippen LogP contribution in [0.3, 0.4) is 0 Å². The van der Waals surface area contributed by atoms with E-state index in [1.807, 2.05) is 0 Å². The molecule has 0 heterocycles. The third-order valence-corrected chi connectivity index (χ3v) is 3.15. The van der Waals surface area contributed by atoms with Crippen LogP contribution in [-0.4, -0.2) is 35.5 Å². The molecule has 0 N–H and O–H groups in total. The predicted octanol–water partition coefficient (Wildman–Crippen LogP) is 6.35. The van der Waals surface area contributed by atoms with Gasteiger partial charge >= 0.3 is 43.7 Å². The number of rotatable bonds is 5. The van der Waals surface area contributed by atoms with E-state index in [0.717, 1.165) is 0 Å². The highest BCUT2D eigenvalue weighted by Gasteiger charge is 2.98. The normalized spacial score (nSPS) is 16.7. The van der Waals surface area contributed by atoms with Crippen molar-refractivity contribution in [3.8, 4) is 0 Å². The summed E-state index contributed by atoms with van der Waals surface area (Å²) < 4.78 is 194. The highest BCUT2D eigenvalue weighted by atomic mass is 31.3. The molecule has 23 heavy (non-hydrogen) atoms. The molecule has 0 nitrogen and oxygen atoms in total. The summed E-state index contributed by atoms with van der Waals surface area (Å²) in [5.41, 5.74) is -7.94. The lowest BCUT2D eigenvalue weighted by Gasteiger charge is -2.37. The summed E-state index contributed by atoms with van der Waals surface area (Å²) in [7, 11) is -8.92. The van der Waals surface area contributed by atoms with Gasteiger partial charge in [0.1, 0.15) is 0 Å². The van der Waals surface area contributed by atoms with E-state index in [2.05, 4.69) is 0 Å². The lowest BCUT2D eigenvalue weighted by Crippen LogP contribution is -2.69. The molecule has 17 heteroatoms. The molecule has 0 aliphatic rings. The van der Waals surface area contributed by atoms with Gasteiger partial charge in [-0.1, -0.05) is 0 Å². The maximum Gasteiger partial charge on any atom is 0.644 e. The fraction of sp³-hybridized carbons (Fsp3) is 1.00. The summed E-state index contributed by atoms with van der Waals surface area (Å²) in [5.74, 6) is -33.0. The molecule has 0 aliphatic heterocycles. The topological polar surface area (TPSA) is 0 Å². The Balaban J connectivity index is 6.37. The maximum atomic E-state index is 12.6. The lowest BCUT2D eigenvalue weighted by molar-refractivity contribution is -0.434. The number of hydrogen-bond donors (Lipinski definition) is 0. The second-order valence-electron chi connectivity index (χ2n) is 3.78. The average Bonchev–Trinajstić information content (AvgIpc) is 2.24. The van der Waals surface area contributed by atoms with Crippen molar-refractivity contribution in [3.63, 3.8) is 0 Å². The van der Waals surface area contributed by atoms with Gasteiger partial charge in [0, 0.05) is 12.6 Å². The van der Waals surface area contributed by atoms with Crippen LogP contribution in [0.2, 0.25) is 0 Å². The van der Waals surface area contributed by atoms with Gasteiger partial charge < -0.3 is 0 Å². The van der Waals surface area contributed by atoms with E-state index in [-0.39, 0.29) is 0 Å². The van der Waals surface area contributed by atoms with Crippen molar-refractivity contribution in [2.45, 2.75) is 35.5 Å². The Morgan fingerprint density at radius 3 is 0.870 bits per heavy atom. The predicted molar refractivity (Wildman–Crippen MR) is 41.0 cm³/mol. The molecule has 0 rings (SSSR count). The van der Waals surface area contributed by atoms with Crippen LogP contribution in [0.4, 0.5) is 69.7 Å². The molecule has 0 atom stereocenters. The van der Waals surface area contributed by atoms with E-state index < -0.39 is 43.7 Å². The zero-order valence-corrected chi connectivity index (χ0v) is 10.4. The van der Waals surface area contributed by atoms with Gasteiger partial charge in [-0.15, -0.1) is 0 Å². The molecule has 0 fully saturated rings. The first-order chi connectivity index (χ1) is 9.50. The Bertz CT molecular complexity index is 398. The SMILES string of the molecule is FC(F)(F)C(F)(F)C(F)(F)C(F)(F)C(F)(F)C(F)(F)[P+](F)(F)F.